The van der Waals surface area contributed by atoms with E-state index in [-0.39, 0.29) is 11.7 Å². The summed E-state index contributed by atoms with van der Waals surface area (Å²) in [4.78, 5) is 20.3. The van der Waals surface area contributed by atoms with Crippen LogP contribution >= 0.6 is 11.3 Å². The van der Waals surface area contributed by atoms with E-state index in [1.54, 1.807) is 23.5 Å². The van der Waals surface area contributed by atoms with Crippen LogP contribution in [0.1, 0.15) is 35.5 Å². The Kier molecular flexibility index (Phi) is 6.77. The van der Waals surface area contributed by atoms with Crippen molar-refractivity contribution in [3.8, 4) is 11.3 Å². The van der Waals surface area contributed by atoms with Gasteiger partial charge in [-0.25, -0.2) is 9.37 Å². The lowest BCUT2D eigenvalue weighted by atomic mass is 10.0. The van der Waals surface area contributed by atoms with Crippen LogP contribution in [0, 0.1) is 12.7 Å². The second-order valence-corrected chi connectivity index (χ2v) is 8.67. The van der Waals surface area contributed by atoms with E-state index in [1.165, 1.54) is 6.07 Å². The molecule has 2 N–H and O–H groups in total. The van der Waals surface area contributed by atoms with Gasteiger partial charge >= 0.3 is 0 Å². The number of hydrogen-bond donors (Lipinski definition) is 2. The number of benzene rings is 2. The number of rotatable bonds is 9. The number of carbonyl (C=O) groups excluding carboxylic acids is 1. The van der Waals surface area contributed by atoms with Crippen LogP contribution in [0.4, 0.5) is 4.39 Å². The van der Waals surface area contributed by atoms with E-state index in [0.717, 1.165) is 57.7 Å². The van der Waals surface area contributed by atoms with E-state index in [1.807, 2.05) is 37.3 Å². The maximum Gasteiger partial charge on any atom is 0.220 e. The third kappa shape index (κ3) is 5.39. The monoisotopic (exact) mass is 435 g/mol. The van der Waals surface area contributed by atoms with E-state index in [9.17, 15) is 9.18 Å². The minimum Gasteiger partial charge on any atom is -0.356 e. The molecule has 1 amide bonds. The molecule has 160 valence electrons. The minimum absolute atomic E-state index is 0.0230. The highest BCUT2D eigenvalue weighted by Crippen LogP contribution is 2.31. The molecule has 0 spiro atoms. The first kappa shape index (κ1) is 21.2. The summed E-state index contributed by atoms with van der Waals surface area (Å²) in [6, 6.07) is 14.7. The van der Waals surface area contributed by atoms with E-state index in [4.69, 9.17) is 0 Å². The van der Waals surface area contributed by atoms with Gasteiger partial charge in [-0.2, -0.15) is 0 Å². The molecule has 2 heterocycles. The molecule has 0 saturated heterocycles. The first-order valence-electron chi connectivity index (χ1n) is 10.6. The Labute approximate surface area is 185 Å². The number of aryl methyl sites for hydroxylation is 3. The molecule has 4 aromatic rings. The Balaban J connectivity index is 1.35. The summed E-state index contributed by atoms with van der Waals surface area (Å²) in [6.45, 7) is 2.67. The summed E-state index contributed by atoms with van der Waals surface area (Å²) in [5.41, 5.74) is 4.92. The van der Waals surface area contributed by atoms with E-state index < -0.39 is 0 Å². The fraction of sp³-hybridized carbons (Fsp3) is 0.280. The molecule has 0 bridgehead atoms. The van der Waals surface area contributed by atoms with Crippen molar-refractivity contribution in [1.29, 1.82) is 0 Å². The number of H-pyrrole nitrogens is 1. The van der Waals surface area contributed by atoms with Crippen LogP contribution in [-0.4, -0.2) is 22.4 Å². The van der Waals surface area contributed by atoms with E-state index in [2.05, 4.69) is 20.7 Å². The van der Waals surface area contributed by atoms with Gasteiger partial charge in [-0.05, 0) is 61.9 Å². The van der Waals surface area contributed by atoms with Gasteiger partial charge in [0.2, 0.25) is 5.91 Å². The Morgan fingerprint density at radius 1 is 1.13 bits per heavy atom. The lowest BCUT2D eigenvalue weighted by Gasteiger charge is -2.07. The van der Waals surface area contributed by atoms with Gasteiger partial charge in [0, 0.05) is 40.6 Å². The lowest BCUT2D eigenvalue weighted by Crippen LogP contribution is -2.24. The molecule has 0 atom stereocenters. The molecule has 0 unspecified atom stereocenters. The van der Waals surface area contributed by atoms with Crippen LogP contribution in [0.15, 0.2) is 53.9 Å². The van der Waals surface area contributed by atoms with E-state index >= 15 is 0 Å². The van der Waals surface area contributed by atoms with Gasteiger partial charge < -0.3 is 10.3 Å². The maximum absolute atomic E-state index is 13.9. The quantitative estimate of drug-likeness (QED) is 0.326. The fourth-order valence-electron chi connectivity index (χ4n) is 3.80. The largest absolute Gasteiger partial charge is 0.356 e. The number of aromatic nitrogens is 2. The van der Waals surface area contributed by atoms with Crippen molar-refractivity contribution in [3.63, 3.8) is 0 Å². The van der Waals surface area contributed by atoms with Gasteiger partial charge in [0.25, 0.3) is 0 Å². The molecule has 2 aromatic carbocycles. The summed E-state index contributed by atoms with van der Waals surface area (Å²) in [5, 5.41) is 7.08. The highest BCUT2D eigenvalue weighted by Gasteiger charge is 2.15. The Bertz CT molecular complexity index is 1170. The van der Waals surface area contributed by atoms with Gasteiger partial charge in [0.1, 0.15) is 5.82 Å². The molecule has 0 radical (unpaired) electrons. The number of aromatic amines is 1. The number of fused-ring (bicyclic) bond motifs is 1. The molecule has 2 aromatic heterocycles. The van der Waals surface area contributed by atoms with Gasteiger partial charge in [-0.3, -0.25) is 4.79 Å². The molecule has 0 aliphatic carbocycles. The molecule has 4 rings (SSSR count). The minimum atomic E-state index is -0.271. The summed E-state index contributed by atoms with van der Waals surface area (Å²) >= 11 is 1.69. The number of hydrogen-bond acceptors (Lipinski definition) is 3. The van der Waals surface area contributed by atoms with Gasteiger partial charge in [0.15, 0.2) is 0 Å². The van der Waals surface area contributed by atoms with Crippen LogP contribution in [0.2, 0.25) is 0 Å². The zero-order valence-corrected chi connectivity index (χ0v) is 18.4. The van der Waals surface area contributed by atoms with Crippen molar-refractivity contribution in [3.05, 3.63) is 76.0 Å². The predicted octanol–water partition coefficient (Wildman–Crippen LogP) is 5.81. The number of nitrogens with one attached hydrogen (secondary N) is 2. The van der Waals surface area contributed by atoms with Crippen LogP contribution in [0.25, 0.3) is 22.2 Å². The normalized spacial score (nSPS) is 11.2. The topological polar surface area (TPSA) is 57.8 Å². The molecule has 0 fully saturated rings. The third-order valence-electron chi connectivity index (χ3n) is 5.34. The molecule has 0 aliphatic rings. The first-order valence-corrected chi connectivity index (χ1v) is 11.5. The second-order valence-electron chi connectivity index (χ2n) is 7.72. The first-order chi connectivity index (χ1) is 15.1. The number of unbranched alkanes of at least 4 members (excludes halogenated alkanes) is 1. The van der Waals surface area contributed by atoms with Crippen molar-refractivity contribution in [2.75, 3.05) is 6.54 Å². The molecule has 4 nitrogen and oxygen atoms in total. The number of amides is 1. The lowest BCUT2D eigenvalue weighted by molar-refractivity contribution is -0.121. The molecule has 0 aliphatic heterocycles. The number of carbonyl (C=O) groups is 1. The van der Waals surface area contributed by atoms with Crippen LogP contribution in [-0.2, 0) is 17.6 Å². The summed E-state index contributed by atoms with van der Waals surface area (Å²) in [6.07, 6.45) is 3.81. The van der Waals surface area contributed by atoms with Gasteiger partial charge in [-0.15, -0.1) is 11.3 Å². The van der Waals surface area contributed by atoms with Crippen LogP contribution in [0.3, 0.4) is 0 Å². The third-order valence-corrected chi connectivity index (χ3v) is 6.37. The molecule has 6 heteroatoms. The van der Waals surface area contributed by atoms with Crippen molar-refractivity contribution in [1.82, 2.24) is 15.3 Å². The summed E-state index contributed by atoms with van der Waals surface area (Å²) in [5.74, 6) is -0.248. The van der Waals surface area contributed by atoms with Crippen molar-refractivity contribution >= 4 is 28.1 Å². The zero-order valence-electron chi connectivity index (χ0n) is 17.6. The molecule has 0 saturated carbocycles. The Morgan fingerprint density at radius 2 is 1.97 bits per heavy atom. The average molecular weight is 436 g/mol. The van der Waals surface area contributed by atoms with Crippen LogP contribution in [0.5, 0.6) is 0 Å². The smallest absolute Gasteiger partial charge is 0.220 e. The fourth-order valence-corrected chi connectivity index (χ4v) is 4.62. The standard InChI is InChI=1S/C25H26FN3OS/c1-17-16-31-24(28-17)9-5-6-14-27-23(30)13-11-20-21-15-19(26)10-12-22(21)29-25(20)18-7-3-2-4-8-18/h2-4,7-8,10,12,15-16,29H,5-6,9,11,13-14H2,1H3,(H,27,30). The number of nitrogens with zero attached hydrogens (tertiary/aromatic N) is 1. The second kappa shape index (κ2) is 9.88. The average Bonchev–Trinajstić information content (AvgIpc) is 3.35. The van der Waals surface area contributed by atoms with Gasteiger partial charge in [-0.1, -0.05) is 30.3 Å². The Morgan fingerprint density at radius 3 is 2.74 bits per heavy atom. The molecular weight excluding hydrogens is 409 g/mol. The highest BCUT2D eigenvalue weighted by molar-refractivity contribution is 7.09. The number of halogens is 1. The highest BCUT2D eigenvalue weighted by atomic mass is 32.1. The van der Waals surface area contributed by atoms with Crippen molar-refractivity contribution in [2.45, 2.75) is 39.0 Å². The molecule has 31 heavy (non-hydrogen) atoms. The van der Waals surface area contributed by atoms with E-state index in [0.29, 0.717) is 19.4 Å². The molecular formula is C25H26FN3OS. The van der Waals surface area contributed by atoms with Crippen molar-refractivity contribution < 1.29 is 9.18 Å². The van der Waals surface area contributed by atoms with Crippen molar-refractivity contribution in [2.24, 2.45) is 0 Å². The number of thiazole rings is 1. The summed E-state index contributed by atoms with van der Waals surface area (Å²) < 4.78 is 13.9. The van der Waals surface area contributed by atoms with Gasteiger partial charge in [0.05, 0.1) is 5.01 Å². The predicted molar refractivity (Wildman–Crippen MR) is 125 cm³/mol. The maximum atomic E-state index is 13.9. The van der Waals surface area contributed by atoms with Crippen LogP contribution < -0.4 is 5.32 Å². The Hall–Kier alpha value is -2.99. The zero-order chi connectivity index (χ0) is 21.6. The SMILES string of the molecule is Cc1csc(CCCCNC(=O)CCc2c(-c3ccccc3)[nH]c3ccc(F)cc23)n1. The summed E-state index contributed by atoms with van der Waals surface area (Å²) in [7, 11) is 0.